The largest absolute Gasteiger partial charge is 1.00 e. The number of ether oxygens (including phenoxy) is 9. The van der Waals surface area contributed by atoms with Crippen molar-refractivity contribution < 1.29 is 131 Å². The second-order valence-corrected chi connectivity index (χ2v) is 16.8. The van der Waals surface area contributed by atoms with Crippen LogP contribution in [-0.4, -0.2) is 136 Å². The molecule has 21 nitrogen and oxygen atoms in total. The predicted octanol–water partition coefficient (Wildman–Crippen LogP) is -1.76. The van der Waals surface area contributed by atoms with Crippen LogP contribution in [0.15, 0.2) is 122 Å². The molecule has 8 rings (SSSR count). The third-order valence-electron chi connectivity index (χ3n) is 11.9. The first-order chi connectivity index (χ1) is 37.5. The molecule has 0 atom stereocenters. The summed E-state index contributed by atoms with van der Waals surface area (Å²) >= 11 is 0. The number of imidazole rings is 2. The van der Waals surface area contributed by atoms with Gasteiger partial charge in [0.1, 0.15) is 58.6 Å². The van der Waals surface area contributed by atoms with Crippen molar-refractivity contribution in [3.63, 3.8) is 0 Å². The Kier molecular flexibility index (Phi) is 23.2. The van der Waals surface area contributed by atoms with Crippen LogP contribution in [0.4, 0.5) is 11.4 Å². The van der Waals surface area contributed by atoms with Crippen molar-refractivity contribution in [2.24, 2.45) is 0 Å². The molecule has 4 N–H and O–H groups in total. The standard InChI is InChI=1S/C56H56N6O15.2Na/c1-69-45-33-37(13-15-41(45)57)51(63)53-59-47(35-7-3-9-39(31-35)55(65)66)49-43(11-5-17-61(49)53)76-29-27-74-25-23-72-21-19-71-20-22-73-24-26-75-28-30-77-44-12-6-18-62-50(44)48(36-8-4-10-40(32-36)56(67)68)60-54(62)52(64)38-14-16-42(58)46(34-38)70-2;;/h3-18,31-34H,19-30,57-58H2,1-2H3,(H,65,66)(H,67,68);;/q;2*+1/p-2. The molecule has 0 radical (unpaired) electrons. The number of ketones is 2. The number of benzene rings is 4. The average Bonchev–Trinajstić information content (AvgIpc) is 4.18. The Morgan fingerprint density at radius 3 is 1.14 bits per heavy atom. The topological polar surface area (TPSA) is 284 Å². The summed E-state index contributed by atoms with van der Waals surface area (Å²) in [6, 6.07) is 28.4. The van der Waals surface area contributed by atoms with Gasteiger partial charge in [0.25, 0.3) is 0 Å². The molecule has 0 aliphatic heterocycles. The minimum absolute atomic E-state index is 0. The van der Waals surface area contributed by atoms with E-state index in [-0.39, 0.29) is 119 Å². The first kappa shape index (κ1) is 61.4. The van der Waals surface area contributed by atoms with Crippen LogP contribution in [0.5, 0.6) is 23.0 Å². The minimum Gasteiger partial charge on any atom is -0.545 e. The summed E-state index contributed by atoms with van der Waals surface area (Å²) < 4.78 is 54.4. The van der Waals surface area contributed by atoms with E-state index in [1.807, 2.05) is 0 Å². The molecule has 0 fully saturated rings. The van der Waals surface area contributed by atoms with E-state index >= 15 is 0 Å². The summed E-state index contributed by atoms with van der Waals surface area (Å²) in [5.74, 6) is -1.96. The van der Waals surface area contributed by atoms with Gasteiger partial charge < -0.3 is 73.9 Å². The molecule has 8 aromatic rings. The number of carboxylic acid groups (broad SMARTS) is 2. The van der Waals surface area contributed by atoms with Crippen LogP contribution in [0, 0.1) is 0 Å². The Morgan fingerprint density at radius 2 is 0.797 bits per heavy atom. The molecule has 0 aliphatic rings. The van der Waals surface area contributed by atoms with E-state index < -0.39 is 23.5 Å². The van der Waals surface area contributed by atoms with Crippen LogP contribution < -0.4 is 99.7 Å². The number of nitrogens with two attached hydrogens (primary N) is 2. The summed E-state index contributed by atoms with van der Waals surface area (Å²) in [7, 11) is 2.91. The fourth-order valence-electron chi connectivity index (χ4n) is 8.13. The fraction of sp³-hybridized carbons (Fsp3) is 0.250. The molecule has 0 bridgehead atoms. The van der Waals surface area contributed by atoms with Gasteiger partial charge in [0.05, 0.1) is 104 Å². The number of aromatic nitrogens is 4. The van der Waals surface area contributed by atoms with Crippen molar-refractivity contribution in [1.82, 2.24) is 18.8 Å². The van der Waals surface area contributed by atoms with Crippen LogP contribution in [0.2, 0.25) is 0 Å². The molecule has 4 heterocycles. The Bertz CT molecular complexity index is 3180. The molecule has 0 unspecified atom stereocenters. The van der Waals surface area contributed by atoms with E-state index in [0.717, 1.165) is 0 Å². The van der Waals surface area contributed by atoms with Crippen molar-refractivity contribution in [2.45, 2.75) is 0 Å². The van der Waals surface area contributed by atoms with E-state index in [9.17, 15) is 29.4 Å². The summed E-state index contributed by atoms with van der Waals surface area (Å²) in [5, 5.41) is 23.5. The van der Waals surface area contributed by atoms with E-state index in [4.69, 9.17) is 64.1 Å². The number of nitrogen functional groups attached to an aromatic ring is 2. The summed E-state index contributed by atoms with van der Waals surface area (Å²) in [6.07, 6.45) is 3.35. The van der Waals surface area contributed by atoms with Crippen LogP contribution >= 0.6 is 0 Å². The van der Waals surface area contributed by atoms with Crippen molar-refractivity contribution in [3.8, 4) is 45.5 Å². The van der Waals surface area contributed by atoms with Gasteiger partial charge in [0.15, 0.2) is 11.6 Å². The van der Waals surface area contributed by atoms with Crippen LogP contribution in [0.3, 0.4) is 0 Å². The third kappa shape index (κ3) is 15.3. The Balaban J connectivity index is 0.00000504. The normalized spacial score (nSPS) is 11.0. The van der Waals surface area contributed by atoms with Crippen molar-refractivity contribution in [2.75, 3.05) is 105 Å². The van der Waals surface area contributed by atoms with Gasteiger partial charge in [-0.1, -0.05) is 36.4 Å². The zero-order chi connectivity index (χ0) is 54.3. The Labute approximate surface area is 498 Å². The quantitative estimate of drug-likeness (QED) is 0.0218. The number of fused-ring (bicyclic) bond motifs is 2. The number of carbonyl (C=O) groups excluding carboxylic acids is 4. The van der Waals surface area contributed by atoms with Gasteiger partial charge in [0, 0.05) is 34.6 Å². The Morgan fingerprint density at radius 1 is 0.443 bits per heavy atom. The number of aromatic carboxylic acids is 2. The van der Waals surface area contributed by atoms with Gasteiger partial charge in [-0.15, -0.1) is 0 Å². The van der Waals surface area contributed by atoms with Gasteiger partial charge in [-0.2, -0.15) is 0 Å². The maximum Gasteiger partial charge on any atom is 1.00 e. The van der Waals surface area contributed by atoms with Gasteiger partial charge in [-0.05, 0) is 83.9 Å². The average molecular weight is 1100 g/mol. The monoisotopic (exact) mass is 1100 g/mol. The molecule has 400 valence electrons. The molecular formula is C56H54N6Na2O15. The van der Waals surface area contributed by atoms with Gasteiger partial charge in [-0.3, -0.25) is 18.4 Å². The molecule has 4 aromatic carbocycles. The summed E-state index contributed by atoms with van der Waals surface area (Å²) in [6.45, 7) is 3.34. The second-order valence-electron chi connectivity index (χ2n) is 16.8. The van der Waals surface area contributed by atoms with Gasteiger partial charge >= 0.3 is 59.1 Å². The molecule has 4 aromatic heterocycles. The maximum absolute atomic E-state index is 13.9. The van der Waals surface area contributed by atoms with E-state index in [1.54, 1.807) is 94.0 Å². The number of methoxy groups -OCH3 is 2. The van der Waals surface area contributed by atoms with E-state index in [2.05, 4.69) is 0 Å². The minimum atomic E-state index is -1.35. The third-order valence-corrected chi connectivity index (χ3v) is 11.9. The molecule has 0 saturated carbocycles. The molecular weight excluding hydrogens is 1040 g/mol. The number of pyridine rings is 2. The number of hydrogen-bond acceptors (Lipinski definition) is 19. The first-order valence-corrected chi connectivity index (χ1v) is 24.2. The molecule has 0 aliphatic carbocycles. The first-order valence-electron chi connectivity index (χ1n) is 24.2. The zero-order valence-electron chi connectivity index (χ0n) is 44.1. The molecule has 23 heteroatoms. The molecule has 79 heavy (non-hydrogen) atoms. The SMILES string of the molecule is COc1cc(C(=O)c2nc(-c3cccc(C(=O)[O-])c3)c3c(OCCOCCOCCOCCOCCOCCOc4cccn5c(C(=O)c6ccc(N)c(OC)c6)nc(-c6cccc(C(=O)[O-])c6)c45)cccn23)ccc1N.[Na+].[Na+]. The zero-order valence-corrected chi connectivity index (χ0v) is 48.1. The number of carboxylic acids is 2. The second kappa shape index (κ2) is 29.9. The smallest absolute Gasteiger partial charge is 0.545 e. The van der Waals surface area contributed by atoms with Gasteiger partial charge in [0.2, 0.25) is 11.6 Å². The Hall–Kier alpha value is -6.86. The number of nitrogens with zero attached hydrogens (tertiary/aromatic N) is 4. The van der Waals surface area contributed by atoms with Crippen LogP contribution in [-0.2, 0) is 23.7 Å². The number of carbonyl (C=O) groups is 4. The van der Waals surface area contributed by atoms with Gasteiger partial charge in [-0.25, -0.2) is 9.97 Å². The van der Waals surface area contributed by atoms with E-state index in [1.165, 1.54) is 50.6 Å². The van der Waals surface area contributed by atoms with Crippen LogP contribution in [0.1, 0.15) is 53.1 Å². The number of rotatable bonds is 30. The summed E-state index contributed by atoms with van der Waals surface area (Å²) in [5.41, 5.74) is 15.6. The molecule has 0 amide bonds. The summed E-state index contributed by atoms with van der Waals surface area (Å²) in [4.78, 5) is 60.6. The van der Waals surface area contributed by atoms with Crippen LogP contribution in [0.25, 0.3) is 33.5 Å². The number of anilines is 2. The molecule has 0 spiro atoms. The maximum atomic E-state index is 13.9. The number of hydrogen-bond donors (Lipinski definition) is 2. The van der Waals surface area contributed by atoms with Crippen molar-refractivity contribution >= 4 is 45.9 Å². The molecule has 0 saturated heterocycles. The van der Waals surface area contributed by atoms with Crippen molar-refractivity contribution in [1.29, 1.82) is 0 Å². The van der Waals surface area contributed by atoms with Crippen molar-refractivity contribution in [3.05, 3.63) is 155 Å². The fourth-order valence-corrected chi connectivity index (χ4v) is 8.13. The predicted molar refractivity (Wildman–Crippen MR) is 277 cm³/mol. The van der Waals surface area contributed by atoms with E-state index in [0.29, 0.717) is 121 Å².